The lowest BCUT2D eigenvalue weighted by atomic mass is 10.00. The van der Waals surface area contributed by atoms with Crippen LogP contribution in [-0.2, 0) is 0 Å². The van der Waals surface area contributed by atoms with Gasteiger partial charge in [-0.1, -0.05) is 18.2 Å². The van der Waals surface area contributed by atoms with Gasteiger partial charge in [0.15, 0.2) is 5.76 Å². The van der Waals surface area contributed by atoms with Crippen molar-refractivity contribution in [2.45, 2.75) is 26.8 Å². The molecule has 0 aromatic carbocycles. The van der Waals surface area contributed by atoms with Gasteiger partial charge in [0, 0.05) is 34.6 Å². The zero-order valence-corrected chi connectivity index (χ0v) is 16.7. The molecule has 0 aliphatic carbocycles. The molecule has 5 nitrogen and oxygen atoms in total. The van der Waals surface area contributed by atoms with E-state index < -0.39 is 0 Å². The molecule has 0 atom stereocenters. The highest BCUT2D eigenvalue weighted by atomic mass is 35.5. The molecule has 0 radical (unpaired) electrons. The summed E-state index contributed by atoms with van der Waals surface area (Å²) < 4.78 is 7.48. The lowest BCUT2D eigenvalue weighted by Crippen LogP contribution is -2.21. The Morgan fingerprint density at radius 3 is 2.71 bits per heavy atom. The molecular formula is C22H20ClN3O2. The predicted molar refractivity (Wildman–Crippen MR) is 114 cm³/mol. The maximum absolute atomic E-state index is 12.4. The van der Waals surface area contributed by atoms with E-state index in [9.17, 15) is 4.79 Å². The molecule has 6 heteroatoms. The Hall–Kier alpha value is -3.05. The van der Waals surface area contributed by atoms with E-state index in [0.717, 1.165) is 28.1 Å². The molecule has 28 heavy (non-hydrogen) atoms. The second kappa shape index (κ2) is 6.84. The van der Waals surface area contributed by atoms with Crippen LogP contribution in [-0.4, -0.2) is 9.55 Å². The van der Waals surface area contributed by atoms with Crippen molar-refractivity contribution in [1.29, 1.82) is 0 Å². The van der Waals surface area contributed by atoms with Crippen molar-refractivity contribution in [3.63, 3.8) is 0 Å². The first kappa shape index (κ1) is 18.3. The second-order valence-corrected chi connectivity index (χ2v) is 7.51. The predicted octanol–water partition coefficient (Wildman–Crippen LogP) is 5.67. The summed E-state index contributed by atoms with van der Waals surface area (Å²) in [6.07, 6.45) is 5.68. The summed E-state index contributed by atoms with van der Waals surface area (Å²) in [5.41, 5.74) is 3.80. The Bertz CT molecular complexity index is 1180. The van der Waals surface area contributed by atoms with Crippen LogP contribution in [0, 0.1) is 6.92 Å². The molecule has 0 spiro atoms. The average Bonchev–Trinajstić information content (AvgIpc) is 3.08. The zero-order chi connectivity index (χ0) is 20.0. The van der Waals surface area contributed by atoms with E-state index in [4.69, 9.17) is 21.0 Å². The van der Waals surface area contributed by atoms with Crippen LogP contribution in [0.5, 0.6) is 0 Å². The lowest BCUT2D eigenvalue weighted by molar-refractivity contribution is 0.546. The van der Waals surface area contributed by atoms with Crippen molar-refractivity contribution in [3.05, 3.63) is 75.5 Å². The number of aryl methyl sites for hydroxylation is 1. The number of allylic oxidation sites excluding steroid dienone is 1. The minimum atomic E-state index is -0.209. The van der Waals surface area contributed by atoms with Gasteiger partial charge in [-0.3, -0.25) is 4.79 Å². The van der Waals surface area contributed by atoms with Crippen LogP contribution in [0.3, 0.4) is 0 Å². The van der Waals surface area contributed by atoms with Gasteiger partial charge in [-0.05, 0) is 57.2 Å². The molecule has 3 aromatic rings. The second-order valence-electron chi connectivity index (χ2n) is 7.10. The van der Waals surface area contributed by atoms with Crippen LogP contribution >= 0.6 is 11.6 Å². The molecule has 0 amide bonds. The van der Waals surface area contributed by atoms with Crippen LogP contribution < -0.4 is 10.9 Å². The molecular weight excluding hydrogens is 374 g/mol. The quantitative estimate of drug-likeness (QED) is 0.623. The van der Waals surface area contributed by atoms with Crippen molar-refractivity contribution < 1.29 is 4.42 Å². The summed E-state index contributed by atoms with van der Waals surface area (Å²) in [5.74, 6) is 2.15. The normalized spacial score (nSPS) is 13.0. The number of rotatable bonds is 3. The molecule has 1 N–H and O–H groups in total. The smallest absolute Gasteiger partial charge is 0.269 e. The van der Waals surface area contributed by atoms with Crippen molar-refractivity contribution in [3.8, 4) is 22.6 Å². The molecule has 0 unspecified atom stereocenters. The first-order chi connectivity index (χ1) is 13.3. The number of aromatic nitrogens is 2. The van der Waals surface area contributed by atoms with Gasteiger partial charge in [-0.2, -0.15) is 0 Å². The summed E-state index contributed by atoms with van der Waals surface area (Å²) in [5, 5.41) is 3.36. The minimum Gasteiger partial charge on any atom is -0.460 e. The highest BCUT2D eigenvalue weighted by Crippen LogP contribution is 2.37. The van der Waals surface area contributed by atoms with Crippen LogP contribution in [0.15, 0.2) is 58.0 Å². The molecule has 4 rings (SSSR count). The summed E-state index contributed by atoms with van der Waals surface area (Å²) in [6, 6.07) is 7.47. The molecule has 0 saturated carbocycles. The Morgan fingerprint density at radius 1 is 1.25 bits per heavy atom. The van der Waals surface area contributed by atoms with Crippen molar-refractivity contribution in [2.75, 3.05) is 5.32 Å². The highest BCUT2D eigenvalue weighted by molar-refractivity contribution is 6.30. The number of nitrogens with one attached hydrogen (secondary N) is 1. The fraction of sp³-hybridized carbons (Fsp3) is 0.182. The molecule has 0 fully saturated rings. The van der Waals surface area contributed by atoms with Crippen LogP contribution in [0.25, 0.3) is 28.7 Å². The van der Waals surface area contributed by atoms with Crippen molar-refractivity contribution >= 4 is 23.5 Å². The molecule has 3 aromatic heterocycles. The SMILES string of the molecule is C=C1C=Cc2cc(-c3cc(Cl)c(=O)n(C(C)C)c3)c(-c3ccc(C)o3)nc2N1. The number of halogens is 1. The third-order valence-electron chi connectivity index (χ3n) is 4.64. The van der Waals surface area contributed by atoms with E-state index in [1.165, 1.54) is 0 Å². The van der Waals surface area contributed by atoms with Crippen LogP contribution in [0.2, 0.25) is 5.02 Å². The summed E-state index contributed by atoms with van der Waals surface area (Å²) in [4.78, 5) is 17.2. The number of fused-ring (bicyclic) bond motifs is 1. The maximum atomic E-state index is 12.4. The van der Waals surface area contributed by atoms with E-state index >= 15 is 0 Å². The van der Waals surface area contributed by atoms with Gasteiger partial charge in [0.25, 0.3) is 5.56 Å². The molecule has 1 aliphatic rings. The third kappa shape index (κ3) is 3.18. The van der Waals surface area contributed by atoms with Gasteiger partial charge in [0.1, 0.15) is 22.3 Å². The summed E-state index contributed by atoms with van der Waals surface area (Å²) in [7, 11) is 0. The molecule has 142 valence electrons. The molecule has 0 saturated heterocycles. The van der Waals surface area contributed by atoms with E-state index in [1.54, 1.807) is 10.6 Å². The monoisotopic (exact) mass is 393 g/mol. The Morgan fingerprint density at radius 2 is 2.04 bits per heavy atom. The van der Waals surface area contributed by atoms with E-state index in [1.807, 2.05) is 57.3 Å². The number of nitrogens with zero attached hydrogens (tertiary/aromatic N) is 2. The first-order valence-electron chi connectivity index (χ1n) is 9.01. The van der Waals surface area contributed by atoms with Gasteiger partial charge in [0.2, 0.25) is 0 Å². The first-order valence-corrected chi connectivity index (χ1v) is 9.39. The topological polar surface area (TPSA) is 60.1 Å². The van der Waals surface area contributed by atoms with Crippen LogP contribution in [0.1, 0.15) is 31.2 Å². The standard InChI is InChI=1S/C22H20ClN3O2/c1-12(2)26-11-16(10-18(23)22(26)27)17-9-15-7-5-13(3)24-21(15)25-20(17)19-8-6-14(4)28-19/h5-12H,3H2,1-2,4H3,(H,24,25). The maximum Gasteiger partial charge on any atom is 0.269 e. The minimum absolute atomic E-state index is 0.0188. The Balaban J connectivity index is 2.00. The Labute approximate surface area is 168 Å². The fourth-order valence-corrected chi connectivity index (χ4v) is 3.42. The molecule has 4 heterocycles. The average molecular weight is 394 g/mol. The third-order valence-corrected chi connectivity index (χ3v) is 4.91. The van der Waals surface area contributed by atoms with Crippen molar-refractivity contribution in [1.82, 2.24) is 9.55 Å². The fourth-order valence-electron chi connectivity index (χ4n) is 3.21. The number of furan rings is 1. The van der Waals surface area contributed by atoms with Gasteiger partial charge in [-0.25, -0.2) is 4.98 Å². The lowest BCUT2D eigenvalue weighted by Gasteiger charge is -2.19. The van der Waals surface area contributed by atoms with E-state index in [0.29, 0.717) is 17.3 Å². The number of hydrogen-bond acceptors (Lipinski definition) is 4. The Kier molecular flexibility index (Phi) is 4.47. The summed E-state index contributed by atoms with van der Waals surface area (Å²) in [6.45, 7) is 9.72. The van der Waals surface area contributed by atoms with Gasteiger partial charge >= 0.3 is 0 Å². The largest absolute Gasteiger partial charge is 0.460 e. The zero-order valence-electron chi connectivity index (χ0n) is 15.9. The number of pyridine rings is 2. The summed E-state index contributed by atoms with van der Waals surface area (Å²) >= 11 is 6.26. The van der Waals surface area contributed by atoms with Gasteiger partial charge in [-0.15, -0.1) is 0 Å². The van der Waals surface area contributed by atoms with Gasteiger partial charge < -0.3 is 14.3 Å². The van der Waals surface area contributed by atoms with Crippen molar-refractivity contribution in [2.24, 2.45) is 0 Å². The van der Waals surface area contributed by atoms with Gasteiger partial charge in [0.05, 0.1) is 0 Å². The van der Waals surface area contributed by atoms with E-state index in [-0.39, 0.29) is 16.6 Å². The highest BCUT2D eigenvalue weighted by Gasteiger charge is 2.20. The van der Waals surface area contributed by atoms with E-state index in [2.05, 4.69) is 11.9 Å². The van der Waals surface area contributed by atoms with Crippen LogP contribution in [0.4, 0.5) is 5.82 Å². The molecule has 1 aliphatic heterocycles. The number of anilines is 1. The molecule has 0 bridgehead atoms. The number of hydrogen-bond donors (Lipinski definition) is 1.